The van der Waals surface area contributed by atoms with Gasteiger partial charge in [-0.05, 0) is 24.1 Å². The summed E-state index contributed by atoms with van der Waals surface area (Å²) in [7, 11) is 0. The van der Waals surface area contributed by atoms with Gasteiger partial charge < -0.3 is 10.2 Å². The highest BCUT2D eigenvalue weighted by Crippen LogP contribution is 2.37. The fourth-order valence-electron chi connectivity index (χ4n) is 2.47. The molecule has 0 bridgehead atoms. The second-order valence-electron chi connectivity index (χ2n) is 4.98. The van der Waals surface area contributed by atoms with E-state index < -0.39 is 5.67 Å². The molecule has 0 aliphatic heterocycles. The first kappa shape index (κ1) is 12.9. The van der Waals surface area contributed by atoms with E-state index in [0.717, 1.165) is 10.9 Å². The zero-order valence-corrected chi connectivity index (χ0v) is 11.3. The number of nitrogens with two attached hydrogens (primary N) is 1. The highest BCUT2D eigenvalue weighted by atomic mass is 19.1. The number of hydrogen-bond acceptors (Lipinski definition) is 2. The van der Waals surface area contributed by atoms with Crippen molar-refractivity contribution in [1.29, 1.82) is 0 Å². The molecule has 0 aliphatic carbocycles. The third-order valence-corrected chi connectivity index (χ3v) is 3.64. The van der Waals surface area contributed by atoms with Gasteiger partial charge in [0.15, 0.2) is 0 Å². The van der Waals surface area contributed by atoms with Gasteiger partial charge in [0.2, 0.25) is 5.67 Å². The van der Waals surface area contributed by atoms with Gasteiger partial charge in [-0.2, -0.15) is 0 Å². The molecule has 0 amide bonds. The lowest BCUT2D eigenvalue weighted by Gasteiger charge is -2.21. The minimum absolute atomic E-state index is 0.157. The van der Waals surface area contributed by atoms with E-state index in [1.165, 1.54) is 0 Å². The Kier molecular flexibility index (Phi) is 3.07. The SMILES string of the molecule is Cc1cccc2cc(C(F)(CN)c3ccccc3)oc12. The van der Waals surface area contributed by atoms with E-state index in [1.807, 2.05) is 31.2 Å². The maximum Gasteiger partial charge on any atom is 0.205 e. The molecule has 3 aromatic rings. The number of rotatable bonds is 3. The molecule has 2 N–H and O–H groups in total. The van der Waals surface area contributed by atoms with Crippen molar-refractivity contribution in [2.24, 2.45) is 5.73 Å². The van der Waals surface area contributed by atoms with Crippen LogP contribution in [-0.2, 0) is 5.67 Å². The maximum atomic E-state index is 15.3. The summed E-state index contributed by atoms with van der Waals surface area (Å²) in [5, 5.41) is 0.895. The van der Waals surface area contributed by atoms with Crippen molar-refractivity contribution in [1.82, 2.24) is 0 Å². The molecule has 3 heteroatoms. The Balaban J connectivity index is 2.19. The summed E-state index contributed by atoms with van der Waals surface area (Å²) in [6, 6.07) is 16.4. The fraction of sp³-hybridized carbons (Fsp3) is 0.176. The molecule has 0 fully saturated rings. The van der Waals surface area contributed by atoms with Crippen molar-refractivity contribution in [3.63, 3.8) is 0 Å². The van der Waals surface area contributed by atoms with Crippen LogP contribution in [0.25, 0.3) is 11.0 Å². The first-order valence-electron chi connectivity index (χ1n) is 6.59. The van der Waals surface area contributed by atoms with Crippen LogP contribution in [0.4, 0.5) is 4.39 Å². The van der Waals surface area contributed by atoms with Crippen molar-refractivity contribution >= 4 is 11.0 Å². The summed E-state index contributed by atoms with van der Waals surface area (Å²) in [4.78, 5) is 0. The first-order valence-corrected chi connectivity index (χ1v) is 6.59. The van der Waals surface area contributed by atoms with Gasteiger partial charge in [-0.15, -0.1) is 0 Å². The summed E-state index contributed by atoms with van der Waals surface area (Å²) in [6.45, 7) is 1.79. The molecule has 3 rings (SSSR count). The van der Waals surface area contributed by atoms with Crippen LogP contribution in [-0.4, -0.2) is 6.54 Å². The molecular weight excluding hydrogens is 253 g/mol. The van der Waals surface area contributed by atoms with Gasteiger partial charge in [0.1, 0.15) is 11.3 Å². The molecule has 1 heterocycles. The van der Waals surface area contributed by atoms with Crippen LogP contribution in [0.2, 0.25) is 0 Å². The Morgan fingerprint density at radius 3 is 2.50 bits per heavy atom. The Morgan fingerprint density at radius 1 is 1.10 bits per heavy atom. The van der Waals surface area contributed by atoms with Crippen molar-refractivity contribution < 1.29 is 8.81 Å². The lowest BCUT2D eigenvalue weighted by molar-refractivity contribution is 0.194. The van der Waals surface area contributed by atoms with E-state index in [9.17, 15) is 0 Å². The van der Waals surface area contributed by atoms with Gasteiger partial charge in [-0.3, -0.25) is 0 Å². The van der Waals surface area contributed by atoms with E-state index in [0.29, 0.717) is 11.1 Å². The van der Waals surface area contributed by atoms with E-state index >= 15 is 4.39 Å². The van der Waals surface area contributed by atoms with E-state index in [4.69, 9.17) is 10.2 Å². The largest absolute Gasteiger partial charge is 0.457 e. The third kappa shape index (κ3) is 1.91. The Morgan fingerprint density at radius 2 is 1.85 bits per heavy atom. The lowest BCUT2D eigenvalue weighted by atomic mass is 9.93. The van der Waals surface area contributed by atoms with Gasteiger partial charge in [0.05, 0.1) is 0 Å². The molecule has 1 aromatic heterocycles. The Labute approximate surface area is 117 Å². The van der Waals surface area contributed by atoms with Crippen LogP contribution in [0.3, 0.4) is 0 Å². The van der Waals surface area contributed by atoms with Crippen LogP contribution in [0.15, 0.2) is 59.0 Å². The average molecular weight is 269 g/mol. The predicted octanol–water partition coefficient (Wildman–Crippen LogP) is 3.91. The van der Waals surface area contributed by atoms with Gasteiger partial charge in [0.25, 0.3) is 0 Å². The summed E-state index contributed by atoms with van der Waals surface area (Å²) in [5.41, 5.74) is 6.11. The summed E-state index contributed by atoms with van der Waals surface area (Å²) >= 11 is 0. The Hall–Kier alpha value is -2.13. The molecule has 0 radical (unpaired) electrons. The number of para-hydroxylation sites is 1. The van der Waals surface area contributed by atoms with E-state index in [-0.39, 0.29) is 12.3 Å². The number of halogens is 1. The standard InChI is InChI=1S/C17H16FNO/c1-12-6-5-7-13-10-15(20-16(12)13)17(18,11-19)14-8-3-2-4-9-14/h2-10H,11,19H2,1H3. The van der Waals surface area contributed by atoms with Crippen molar-refractivity contribution in [2.45, 2.75) is 12.6 Å². The molecule has 102 valence electrons. The van der Waals surface area contributed by atoms with E-state index in [2.05, 4.69) is 0 Å². The molecule has 0 spiro atoms. The lowest BCUT2D eigenvalue weighted by Crippen LogP contribution is -2.31. The normalized spacial score (nSPS) is 14.3. The van der Waals surface area contributed by atoms with Crippen LogP contribution >= 0.6 is 0 Å². The number of fused-ring (bicyclic) bond motifs is 1. The summed E-state index contributed by atoms with van der Waals surface area (Å²) < 4.78 is 21.1. The summed E-state index contributed by atoms with van der Waals surface area (Å²) in [6.07, 6.45) is 0. The quantitative estimate of drug-likeness (QED) is 0.783. The molecule has 0 saturated heterocycles. The molecule has 0 aliphatic rings. The minimum atomic E-state index is -1.80. The Bertz CT molecular complexity index is 735. The smallest absolute Gasteiger partial charge is 0.205 e. The molecule has 0 saturated carbocycles. The van der Waals surface area contributed by atoms with Crippen molar-refractivity contribution in [2.75, 3.05) is 6.54 Å². The van der Waals surface area contributed by atoms with Crippen molar-refractivity contribution in [3.8, 4) is 0 Å². The van der Waals surface area contributed by atoms with Crippen LogP contribution in [0, 0.1) is 6.92 Å². The maximum absolute atomic E-state index is 15.3. The number of alkyl halides is 1. The minimum Gasteiger partial charge on any atom is -0.457 e. The third-order valence-electron chi connectivity index (χ3n) is 3.64. The molecule has 2 aromatic carbocycles. The van der Waals surface area contributed by atoms with Crippen LogP contribution < -0.4 is 5.73 Å². The highest BCUT2D eigenvalue weighted by Gasteiger charge is 2.36. The van der Waals surface area contributed by atoms with E-state index in [1.54, 1.807) is 30.3 Å². The van der Waals surface area contributed by atoms with Crippen molar-refractivity contribution in [3.05, 3.63) is 71.5 Å². The van der Waals surface area contributed by atoms with Gasteiger partial charge in [-0.1, -0.05) is 48.5 Å². The van der Waals surface area contributed by atoms with Gasteiger partial charge in [0, 0.05) is 11.9 Å². The topological polar surface area (TPSA) is 39.2 Å². The molecule has 1 atom stereocenters. The first-order chi connectivity index (χ1) is 9.65. The monoisotopic (exact) mass is 269 g/mol. The average Bonchev–Trinajstić information content (AvgIpc) is 2.93. The highest BCUT2D eigenvalue weighted by molar-refractivity contribution is 5.81. The predicted molar refractivity (Wildman–Crippen MR) is 78.3 cm³/mol. The number of aryl methyl sites for hydroxylation is 1. The second kappa shape index (κ2) is 4.76. The second-order valence-corrected chi connectivity index (χ2v) is 4.98. The number of furan rings is 1. The van der Waals surface area contributed by atoms with Crippen LogP contribution in [0.5, 0.6) is 0 Å². The molecular formula is C17H16FNO. The van der Waals surface area contributed by atoms with Crippen LogP contribution in [0.1, 0.15) is 16.9 Å². The van der Waals surface area contributed by atoms with Gasteiger partial charge in [-0.25, -0.2) is 4.39 Å². The molecule has 2 nitrogen and oxygen atoms in total. The van der Waals surface area contributed by atoms with Gasteiger partial charge >= 0.3 is 0 Å². The zero-order valence-electron chi connectivity index (χ0n) is 11.3. The molecule has 20 heavy (non-hydrogen) atoms. The number of hydrogen-bond donors (Lipinski definition) is 1. The summed E-state index contributed by atoms with van der Waals surface area (Å²) in [5.74, 6) is 0.260. The number of benzene rings is 2. The molecule has 1 unspecified atom stereocenters. The fourth-order valence-corrected chi connectivity index (χ4v) is 2.47. The zero-order chi connectivity index (χ0) is 14.2.